The zero-order valence-electron chi connectivity index (χ0n) is 20.6. The maximum absolute atomic E-state index is 11.6. The molecular formula is C24H25F6N5O5. The number of carbonyl (C=O) groups is 3. The average molecular weight is 577 g/mol. The summed E-state index contributed by atoms with van der Waals surface area (Å²) in [6.45, 7) is 3.06. The SMILES string of the molecule is NC(=O)c1cccc2cn(-c3ccc(CNC4CCNCC4)cc3)nc12.O=C(O)C(F)(F)F.O=C(O)C(F)(F)F. The minimum absolute atomic E-state index is 0.448. The van der Waals surface area contributed by atoms with E-state index in [1.54, 1.807) is 10.7 Å². The van der Waals surface area contributed by atoms with Crippen LogP contribution in [0, 0.1) is 0 Å². The third-order valence-corrected chi connectivity index (χ3v) is 5.42. The van der Waals surface area contributed by atoms with Gasteiger partial charge in [0.05, 0.1) is 11.3 Å². The zero-order chi connectivity index (χ0) is 30.1. The van der Waals surface area contributed by atoms with Gasteiger partial charge >= 0.3 is 24.3 Å². The van der Waals surface area contributed by atoms with Crippen molar-refractivity contribution in [2.24, 2.45) is 5.73 Å². The second kappa shape index (κ2) is 13.7. The first-order valence-electron chi connectivity index (χ1n) is 11.5. The lowest BCUT2D eigenvalue weighted by Crippen LogP contribution is -2.39. The van der Waals surface area contributed by atoms with E-state index in [-0.39, 0.29) is 0 Å². The van der Waals surface area contributed by atoms with E-state index in [0.717, 1.165) is 30.7 Å². The van der Waals surface area contributed by atoms with E-state index in [2.05, 4.69) is 40.0 Å². The fraction of sp³-hybridized carbons (Fsp3) is 0.333. The third kappa shape index (κ3) is 9.85. The first-order chi connectivity index (χ1) is 18.6. The van der Waals surface area contributed by atoms with Gasteiger partial charge < -0.3 is 26.6 Å². The molecule has 3 aromatic rings. The van der Waals surface area contributed by atoms with Gasteiger partial charge in [-0.05, 0) is 49.7 Å². The van der Waals surface area contributed by atoms with E-state index in [1.807, 2.05) is 18.3 Å². The molecule has 0 unspecified atom stereocenters. The number of rotatable bonds is 5. The van der Waals surface area contributed by atoms with Crippen LogP contribution >= 0.6 is 0 Å². The molecule has 2 aromatic carbocycles. The standard InChI is InChI=1S/C20H23N5O.2C2HF3O2/c21-20(26)18-3-1-2-15-13-25(24-19(15)18)17-6-4-14(5-7-17)12-23-16-8-10-22-11-9-16;2*3-2(4,5)1(6)7/h1-7,13,16,22-23H,8-12H2,(H2,21,26);2*(H,6,7). The van der Waals surface area contributed by atoms with Crippen LogP contribution in [0.3, 0.4) is 0 Å². The highest BCUT2D eigenvalue weighted by Gasteiger charge is 2.38. The summed E-state index contributed by atoms with van der Waals surface area (Å²) in [6.07, 6.45) is -5.88. The summed E-state index contributed by atoms with van der Waals surface area (Å²) in [6, 6.07) is 14.4. The lowest BCUT2D eigenvalue weighted by molar-refractivity contribution is -0.193. The van der Waals surface area contributed by atoms with Crippen LogP contribution in [0.4, 0.5) is 26.3 Å². The number of nitrogens with one attached hydrogen (secondary N) is 2. The highest BCUT2D eigenvalue weighted by atomic mass is 19.4. The van der Waals surface area contributed by atoms with Crippen LogP contribution in [-0.2, 0) is 16.1 Å². The monoisotopic (exact) mass is 577 g/mol. The van der Waals surface area contributed by atoms with Gasteiger partial charge in [-0.15, -0.1) is 0 Å². The summed E-state index contributed by atoms with van der Waals surface area (Å²) >= 11 is 0. The maximum atomic E-state index is 11.6. The molecule has 1 aliphatic rings. The second-order valence-electron chi connectivity index (χ2n) is 8.36. The van der Waals surface area contributed by atoms with E-state index in [0.29, 0.717) is 17.1 Å². The molecular weight excluding hydrogens is 552 g/mol. The van der Waals surface area contributed by atoms with Crippen molar-refractivity contribution in [2.75, 3.05) is 13.1 Å². The number of carbonyl (C=O) groups excluding carboxylic acids is 1. The summed E-state index contributed by atoms with van der Waals surface area (Å²) in [5.74, 6) is -5.97. The molecule has 1 aliphatic heterocycles. The predicted octanol–water partition coefficient (Wildman–Crippen LogP) is 3.23. The summed E-state index contributed by atoms with van der Waals surface area (Å²) in [7, 11) is 0. The topological polar surface area (TPSA) is 160 Å². The van der Waals surface area contributed by atoms with Crippen LogP contribution in [0.15, 0.2) is 48.7 Å². The number of nitrogens with zero attached hydrogens (tertiary/aromatic N) is 2. The number of carboxylic acids is 2. The third-order valence-electron chi connectivity index (χ3n) is 5.42. The van der Waals surface area contributed by atoms with Crippen molar-refractivity contribution in [1.29, 1.82) is 0 Å². The van der Waals surface area contributed by atoms with Gasteiger partial charge in [-0.25, -0.2) is 14.3 Å². The number of piperidine rings is 1. The van der Waals surface area contributed by atoms with Crippen molar-refractivity contribution in [3.05, 3.63) is 59.8 Å². The van der Waals surface area contributed by atoms with Gasteiger partial charge in [0.25, 0.3) is 5.91 Å². The Morgan fingerprint density at radius 2 is 1.48 bits per heavy atom. The Morgan fingerprint density at radius 3 is 1.95 bits per heavy atom. The highest BCUT2D eigenvalue weighted by Crippen LogP contribution is 2.20. The van der Waals surface area contributed by atoms with Crippen molar-refractivity contribution in [1.82, 2.24) is 20.4 Å². The van der Waals surface area contributed by atoms with Crippen LogP contribution in [0.2, 0.25) is 0 Å². The van der Waals surface area contributed by atoms with E-state index in [4.69, 9.17) is 25.5 Å². The van der Waals surface area contributed by atoms with Crippen LogP contribution in [0.5, 0.6) is 0 Å². The molecule has 40 heavy (non-hydrogen) atoms. The molecule has 0 aliphatic carbocycles. The molecule has 4 rings (SSSR count). The fourth-order valence-electron chi connectivity index (χ4n) is 3.43. The van der Waals surface area contributed by atoms with Crippen LogP contribution < -0.4 is 16.4 Å². The lowest BCUT2D eigenvalue weighted by Gasteiger charge is -2.23. The fourth-order valence-corrected chi connectivity index (χ4v) is 3.43. The molecule has 0 atom stereocenters. The van der Waals surface area contributed by atoms with Crippen molar-refractivity contribution in [2.45, 2.75) is 37.8 Å². The van der Waals surface area contributed by atoms with Gasteiger partial charge in [0.1, 0.15) is 5.52 Å². The van der Waals surface area contributed by atoms with E-state index in [9.17, 15) is 31.1 Å². The van der Waals surface area contributed by atoms with Crippen LogP contribution in [-0.4, -0.2) is 69.3 Å². The van der Waals surface area contributed by atoms with Gasteiger partial charge in [0, 0.05) is 24.2 Å². The Kier molecular flexibility index (Phi) is 11.0. The largest absolute Gasteiger partial charge is 0.490 e. The number of primary amides is 1. The molecule has 1 fully saturated rings. The van der Waals surface area contributed by atoms with Crippen molar-refractivity contribution >= 4 is 28.7 Å². The number of hydrogen-bond donors (Lipinski definition) is 5. The molecule has 1 amide bonds. The molecule has 2 heterocycles. The first kappa shape index (κ1) is 32.0. The lowest BCUT2D eigenvalue weighted by atomic mass is 10.1. The molecule has 10 nitrogen and oxygen atoms in total. The number of fused-ring (bicyclic) bond motifs is 1. The Morgan fingerprint density at radius 1 is 0.950 bits per heavy atom. The second-order valence-corrected chi connectivity index (χ2v) is 8.36. The van der Waals surface area contributed by atoms with Crippen molar-refractivity contribution < 1.29 is 50.9 Å². The number of amides is 1. The summed E-state index contributed by atoms with van der Waals surface area (Å²) in [5.41, 5.74) is 8.74. The normalized spacial score (nSPS) is 13.9. The number of nitrogens with two attached hydrogens (primary N) is 1. The molecule has 0 spiro atoms. The van der Waals surface area contributed by atoms with Crippen molar-refractivity contribution in [3.8, 4) is 5.69 Å². The van der Waals surface area contributed by atoms with Gasteiger partial charge in [0.2, 0.25) is 0 Å². The zero-order valence-corrected chi connectivity index (χ0v) is 20.6. The molecule has 6 N–H and O–H groups in total. The Hall–Kier alpha value is -4.18. The van der Waals surface area contributed by atoms with E-state index in [1.165, 1.54) is 18.4 Å². The summed E-state index contributed by atoms with van der Waals surface area (Å²) in [4.78, 5) is 29.4. The first-order valence-corrected chi connectivity index (χ1v) is 11.5. The number of aliphatic carboxylic acids is 2. The minimum atomic E-state index is -5.08. The number of aromatic nitrogens is 2. The molecule has 218 valence electrons. The van der Waals surface area contributed by atoms with Gasteiger partial charge in [-0.3, -0.25) is 4.79 Å². The highest BCUT2D eigenvalue weighted by molar-refractivity contribution is 6.04. The maximum Gasteiger partial charge on any atom is 0.490 e. The quantitative estimate of drug-likeness (QED) is 0.289. The van der Waals surface area contributed by atoms with Crippen LogP contribution in [0.25, 0.3) is 16.6 Å². The summed E-state index contributed by atoms with van der Waals surface area (Å²) in [5, 5.41) is 26.7. The minimum Gasteiger partial charge on any atom is -0.475 e. The molecule has 0 radical (unpaired) electrons. The molecule has 0 saturated carbocycles. The average Bonchev–Trinajstić information content (AvgIpc) is 3.32. The van der Waals surface area contributed by atoms with Crippen molar-refractivity contribution in [3.63, 3.8) is 0 Å². The van der Waals surface area contributed by atoms with Crippen LogP contribution in [0.1, 0.15) is 28.8 Å². The van der Waals surface area contributed by atoms with Gasteiger partial charge in [-0.2, -0.15) is 31.4 Å². The number of halogens is 6. The predicted molar refractivity (Wildman–Crippen MR) is 130 cm³/mol. The molecule has 1 aromatic heterocycles. The van der Waals surface area contributed by atoms with E-state index >= 15 is 0 Å². The number of benzene rings is 2. The smallest absolute Gasteiger partial charge is 0.475 e. The van der Waals surface area contributed by atoms with Gasteiger partial charge in [-0.1, -0.05) is 24.3 Å². The molecule has 16 heteroatoms. The molecule has 0 bridgehead atoms. The molecule has 1 saturated heterocycles. The number of carboxylic acid groups (broad SMARTS) is 2. The Labute approximate surface area is 222 Å². The summed E-state index contributed by atoms with van der Waals surface area (Å²) < 4.78 is 65.3. The van der Waals surface area contributed by atoms with E-state index < -0.39 is 30.2 Å². The van der Waals surface area contributed by atoms with Gasteiger partial charge in [0.15, 0.2) is 0 Å². The Balaban J connectivity index is 0.000000333. The number of hydrogen-bond acceptors (Lipinski definition) is 6. The number of alkyl halides is 6. The Bertz CT molecular complexity index is 1280.